The van der Waals surface area contributed by atoms with E-state index in [1.54, 1.807) is 18.4 Å². The van der Waals surface area contributed by atoms with E-state index in [1.165, 1.54) is 22.7 Å². The van der Waals surface area contributed by atoms with Gasteiger partial charge in [-0.15, -0.1) is 11.3 Å². The highest BCUT2D eigenvalue weighted by molar-refractivity contribution is 7.10. The molecule has 0 amide bonds. The van der Waals surface area contributed by atoms with Crippen LogP contribution in [-0.2, 0) is 9.53 Å². The molecule has 0 saturated carbocycles. The summed E-state index contributed by atoms with van der Waals surface area (Å²) in [7, 11) is 0. The first-order valence-corrected chi connectivity index (χ1v) is 12.4. The minimum atomic E-state index is -0.558. The van der Waals surface area contributed by atoms with Crippen LogP contribution in [0.15, 0.2) is 68.4 Å². The van der Waals surface area contributed by atoms with E-state index in [1.807, 2.05) is 60.9 Å². The first-order valence-electron chi connectivity index (χ1n) is 10.7. The fourth-order valence-electron chi connectivity index (χ4n) is 4.08. The molecule has 0 radical (unpaired) electrons. The Kier molecular flexibility index (Phi) is 5.64. The SMILES string of the molecule is CCOC(=O)C1=C(C)N=c2s/c(=C/C3=Cc4ccccc4O[C@@H]3C)c(=O)n2[C@@H]1c1cccs1. The number of thiazole rings is 1. The van der Waals surface area contributed by atoms with Gasteiger partial charge in [-0.25, -0.2) is 9.79 Å². The standard InChI is InChI=1S/C25H22N2O4S2/c1-4-30-24(29)21-14(2)26-25-27(22(21)19-10-7-11-32-19)23(28)20(33-25)13-17-12-16-8-5-6-9-18(16)31-15(17)3/h5-13,15,22H,4H2,1-3H3/b20-13+/t15-,22-/m1/s1. The Morgan fingerprint density at radius 1 is 1.27 bits per heavy atom. The van der Waals surface area contributed by atoms with Crippen molar-refractivity contribution in [3.05, 3.63) is 88.7 Å². The highest BCUT2D eigenvalue weighted by atomic mass is 32.1. The first-order chi connectivity index (χ1) is 16.0. The lowest BCUT2D eigenvalue weighted by Gasteiger charge is -2.23. The molecule has 2 aliphatic rings. The predicted molar refractivity (Wildman–Crippen MR) is 130 cm³/mol. The predicted octanol–water partition coefficient (Wildman–Crippen LogP) is 3.68. The Bertz CT molecular complexity index is 1480. The summed E-state index contributed by atoms with van der Waals surface area (Å²) in [5.41, 5.74) is 2.68. The summed E-state index contributed by atoms with van der Waals surface area (Å²) in [5.74, 6) is 0.385. The first kappa shape index (κ1) is 21.6. The molecule has 0 fully saturated rings. The van der Waals surface area contributed by atoms with Gasteiger partial charge < -0.3 is 9.47 Å². The highest BCUT2D eigenvalue weighted by Crippen LogP contribution is 2.33. The van der Waals surface area contributed by atoms with Crippen LogP contribution in [0.1, 0.15) is 37.3 Å². The number of ether oxygens (including phenoxy) is 2. The van der Waals surface area contributed by atoms with Crippen LogP contribution < -0.4 is 19.6 Å². The van der Waals surface area contributed by atoms with Crippen LogP contribution in [0.3, 0.4) is 0 Å². The number of carbonyl (C=O) groups excluding carboxylic acids is 1. The molecule has 0 aliphatic carbocycles. The third-order valence-electron chi connectivity index (χ3n) is 5.64. The van der Waals surface area contributed by atoms with Crippen molar-refractivity contribution in [3.8, 4) is 5.75 Å². The molecule has 5 rings (SSSR count). The van der Waals surface area contributed by atoms with Gasteiger partial charge in [0.2, 0.25) is 0 Å². The lowest BCUT2D eigenvalue weighted by Crippen LogP contribution is -2.39. The number of esters is 1. The zero-order valence-electron chi connectivity index (χ0n) is 18.4. The number of carbonyl (C=O) groups is 1. The maximum absolute atomic E-state index is 13.6. The smallest absolute Gasteiger partial charge is 0.338 e. The number of hydrogen-bond acceptors (Lipinski definition) is 7. The number of thiophene rings is 1. The summed E-state index contributed by atoms with van der Waals surface area (Å²) in [6, 6.07) is 11.1. The van der Waals surface area contributed by atoms with Gasteiger partial charge in [0.1, 0.15) is 17.9 Å². The number of nitrogens with zero attached hydrogens (tertiary/aromatic N) is 2. The molecule has 33 heavy (non-hydrogen) atoms. The molecule has 0 saturated heterocycles. The Balaban J connectivity index is 1.68. The van der Waals surface area contributed by atoms with Crippen molar-refractivity contribution in [3.63, 3.8) is 0 Å². The molecule has 6 nitrogen and oxygen atoms in total. The zero-order valence-corrected chi connectivity index (χ0v) is 20.0. The lowest BCUT2D eigenvalue weighted by molar-refractivity contribution is -0.139. The second-order valence-electron chi connectivity index (χ2n) is 7.76. The number of benzene rings is 1. The Morgan fingerprint density at radius 2 is 2.09 bits per heavy atom. The Hall–Kier alpha value is -3.23. The third kappa shape index (κ3) is 3.79. The number of hydrogen-bond donors (Lipinski definition) is 0. The Morgan fingerprint density at radius 3 is 2.85 bits per heavy atom. The van der Waals surface area contributed by atoms with Crippen molar-refractivity contribution >= 4 is 40.8 Å². The number of aromatic nitrogens is 1. The van der Waals surface area contributed by atoms with Gasteiger partial charge in [0.15, 0.2) is 4.80 Å². The van der Waals surface area contributed by atoms with Crippen LogP contribution in [-0.4, -0.2) is 23.2 Å². The molecule has 2 atom stereocenters. The van der Waals surface area contributed by atoms with E-state index in [4.69, 9.17) is 9.47 Å². The highest BCUT2D eigenvalue weighted by Gasteiger charge is 2.34. The van der Waals surface area contributed by atoms with Crippen molar-refractivity contribution < 1.29 is 14.3 Å². The van der Waals surface area contributed by atoms with Crippen LogP contribution in [0.2, 0.25) is 0 Å². The number of para-hydroxylation sites is 1. The molecule has 0 N–H and O–H groups in total. The van der Waals surface area contributed by atoms with E-state index in [0.717, 1.165) is 21.8 Å². The molecule has 168 valence electrons. The lowest BCUT2D eigenvalue weighted by atomic mass is 10.0. The van der Waals surface area contributed by atoms with Crippen molar-refractivity contribution in [2.75, 3.05) is 6.61 Å². The normalized spacial score (nSPS) is 19.8. The van der Waals surface area contributed by atoms with Crippen LogP contribution in [0.5, 0.6) is 5.75 Å². The third-order valence-corrected chi connectivity index (χ3v) is 7.55. The van der Waals surface area contributed by atoms with Crippen molar-refractivity contribution in [2.24, 2.45) is 4.99 Å². The minimum Gasteiger partial charge on any atom is -0.485 e. The van der Waals surface area contributed by atoms with E-state index in [9.17, 15) is 9.59 Å². The fourth-order valence-corrected chi connectivity index (χ4v) is 5.95. The van der Waals surface area contributed by atoms with E-state index in [-0.39, 0.29) is 18.3 Å². The minimum absolute atomic E-state index is 0.182. The fraction of sp³-hybridized carbons (Fsp3) is 0.240. The number of allylic oxidation sites excluding steroid dienone is 1. The van der Waals surface area contributed by atoms with Gasteiger partial charge in [-0.3, -0.25) is 9.36 Å². The molecular formula is C25H22N2O4S2. The van der Waals surface area contributed by atoms with Gasteiger partial charge in [-0.05, 0) is 56.0 Å². The average Bonchev–Trinajstić information content (AvgIpc) is 3.42. The molecule has 4 heterocycles. The summed E-state index contributed by atoms with van der Waals surface area (Å²) in [6.07, 6.45) is 3.73. The van der Waals surface area contributed by atoms with Gasteiger partial charge >= 0.3 is 5.97 Å². The van der Waals surface area contributed by atoms with Gasteiger partial charge in [0.05, 0.1) is 22.4 Å². The van der Waals surface area contributed by atoms with Gasteiger partial charge in [0, 0.05) is 10.4 Å². The monoisotopic (exact) mass is 478 g/mol. The van der Waals surface area contributed by atoms with Crippen LogP contribution in [0.4, 0.5) is 0 Å². The van der Waals surface area contributed by atoms with E-state index < -0.39 is 12.0 Å². The average molecular weight is 479 g/mol. The van der Waals surface area contributed by atoms with Crippen molar-refractivity contribution in [1.29, 1.82) is 0 Å². The molecule has 3 aromatic rings. The molecule has 2 aromatic heterocycles. The largest absolute Gasteiger partial charge is 0.485 e. The Labute approximate surface area is 198 Å². The summed E-state index contributed by atoms with van der Waals surface area (Å²) >= 11 is 2.82. The summed E-state index contributed by atoms with van der Waals surface area (Å²) in [6.45, 7) is 5.78. The number of rotatable bonds is 4. The van der Waals surface area contributed by atoms with E-state index in [2.05, 4.69) is 4.99 Å². The van der Waals surface area contributed by atoms with Crippen LogP contribution >= 0.6 is 22.7 Å². The van der Waals surface area contributed by atoms with Crippen LogP contribution in [0.25, 0.3) is 12.2 Å². The topological polar surface area (TPSA) is 69.9 Å². The molecule has 0 unspecified atom stereocenters. The van der Waals surface area contributed by atoms with Gasteiger partial charge in [-0.1, -0.05) is 35.6 Å². The summed E-state index contributed by atoms with van der Waals surface area (Å²) < 4.78 is 13.5. The second kappa shape index (κ2) is 8.61. The molecule has 2 aliphatic heterocycles. The second-order valence-corrected chi connectivity index (χ2v) is 9.75. The van der Waals surface area contributed by atoms with Crippen LogP contribution in [0, 0.1) is 0 Å². The molecular weight excluding hydrogens is 456 g/mol. The van der Waals surface area contributed by atoms with E-state index >= 15 is 0 Å². The maximum Gasteiger partial charge on any atom is 0.338 e. The zero-order chi connectivity index (χ0) is 23.1. The van der Waals surface area contributed by atoms with E-state index in [0.29, 0.717) is 20.6 Å². The molecule has 0 bridgehead atoms. The number of fused-ring (bicyclic) bond motifs is 2. The maximum atomic E-state index is 13.6. The summed E-state index contributed by atoms with van der Waals surface area (Å²) in [5, 5.41) is 1.94. The quantitative estimate of drug-likeness (QED) is 0.537. The molecule has 0 spiro atoms. The van der Waals surface area contributed by atoms with Crippen molar-refractivity contribution in [1.82, 2.24) is 4.57 Å². The van der Waals surface area contributed by atoms with Gasteiger partial charge in [-0.2, -0.15) is 0 Å². The summed E-state index contributed by atoms with van der Waals surface area (Å²) in [4.78, 5) is 32.5. The van der Waals surface area contributed by atoms with Crippen molar-refractivity contribution in [2.45, 2.75) is 32.9 Å². The van der Waals surface area contributed by atoms with Gasteiger partial charge in [0.25, 0.3) is 5.56 Å². The molecule has 1 aromatic carbocycles. The molecule has 8 heteroatoms.